The zero-order valence-electron chi connectivity index (χ0n) is 10.7. The molecule has 1 N–H and O–H groups in total. The van der Waals surface area contributed by atoms with Crippen molar-refractivity contribution in [3.63, 3.8) is 0 Å². The predicted octanol–water partition coefficient (Wildman–Crippen LogP) is 2.14. The van der Waals surface area contributed by atoms with Gasteiger partial charge < -0.3 is 5.32 Å². The molecule has 1 aliphatic carbocycles. The number of nitrogens with one attached hydrogen (secondary N) is 1. The summed E-state index contributed by atoms with van der Waals surface area (Å²) in [4.78, 5) is 10.1. The van der Waals surface area contributed by atoms with Crippen LogP contribution in [0.3, 0.4) is 0 Å². The smallest absolute Gasteiger partial charge is 0.195 e. The van der Waals surface area contributed by atoms with Crippen LogP contribution in [-0.4, -0.2) is 25.0 Å². The van der Waals surface area contributed by atoms with Crippen molar-refractivity contribution in [3.05, 3.63) is 35.5 Å². The fraction of sp³-hybridized carbons (Fsp3) is 0.385. The molecule has 1 saturated carbocycles. The van der Waals surface area contributed by atoms with Gasteiger partial charge in [0.25, 0.3) is 0 Å². The van der Waals surface area contributed by atoms with Crippen molar-refractivity contribution in [1.82, 2.24) is 24.3 Å². The Bertz CT molecular complexity index is 718. The minimum Gasteiger partial charge on any atom is -0.308 e. The van der Waals surface area contributed by atoms with Gasteiger partial charge in [-0.05, 0) is 19.8 Å². The fourth-order valence-electron chi connectivity index (χ4n) is 2.31. The molecule has 0 saturated heterocycles. The van der Waals surface area contributed by atoms with Crippen molar-refractivity contribution in [3.8, 4) is 5.82 Å². The second-order valence-corrected chi connectivity index (χ2v) is 5.81. The molecule has 0 spiro atoms. The number of aryl methyl sites for hydroxylation is 1. The molecule has 3 aromatic heterocycles. The number of thiazole rings is 1. The van der Waals surface area contributed by atoms with E-state index in [0.717, 1.165) is 23.1 Å². The summed E-state index contributed by atoms with van der Waals surface area (Å²) >= 11 is 1.67. The monoisotopic (exact) mass is 273 g/mol. The molecule has 98 valence electrons. The topological polar surface area (TPSA) is 47.2 Å². The number of imidazole rings is 2. The minimum atomic E-state index is 0.695. The second-order valence-electron chi connectivity index (χ2n) is 4.94. The average Bonchev–Trinajstić information content (AvgIpc) is 2.81. The summed E-state index contributed by atoms with van der Waals surface area (Å²) in [5, 5.41) is 5.65. The fourth-order valence-corrected chi connectivity index (χ4v) is 3.04. The molecule has 5 nitrogen and oxygen atoms in total. The van der Waals surface area contributed by atoms with Crippen LogP contribution in [0.5, 0.6) is 0 Å². The number of hydrogen-bond acceptors (Lipinski definition) is 4. The number of rotatable bonds is 4. The van der Waals surface area contributed by atoms with Gasteiger partial charge >= 0.3 is 0 Å². The average molecular weight is 273 g/mol. The maximum absolute atomic E-state index is 4.74. The second kappa shape index (κ2) is 4.18. The van der Waals surface area contributed by atoms with Crippen LogP contribution in [0.4, 0.5) is 0 Å². The van der Waals surface area contributed by atoms with Gasteiger partial charge in [-0.3, -0.25) is 8.97 Å². The van der Waals surface area contributed by atoms with E-state index in [0.29, 0.717) is 6.04 Å². The molecular formula is C13H15N5S. The largest absolute Gasteiger partial charge is 0.308 e. The van der Waals surface area contributed by atoms with E-state index < -0.39 is 0 Å². The Morgan fingerprint density at radius 1 is 1.42 bits per heavy atom. The first-order valence-corrected chi connectivity index (χ1v) is 7.39. The molecule has 4 rings (SSSR count). The van der Waals surface area contributed by atoms with Gasteiger partial charge in [-0.1, -0.05) is 0 Å². The van der Waals surface area contributed by atoms with Gasteiger partial charge in [0.05, 0.1) is 5.69 Å². The van der Waals surface area contributed by atoms with Gasteiger partial charge in [-0.2, -0.15) is 0 Å². The molecule has 0 bridgehead atoms. The third kappa shape index (κ3) is 1.87. The summed E-state index contributed by atoms with van der Waals surface area (Å²) in [6.07, 6.45) is 8.48. The highest BCUT2D eigenvalue weighted by Crippen LogP contribution is 2.24. The lowest BCUT2D eigenvalue weighted by Crippen LogP contribution is -2.18. The molecule has 6 heteroatoms. The van der Waals surface area contributed by atoms with Crippen molar-refractivity contribution in [2.45, 2.75) is 32.4 Å². The van der Waals surface area contributed by atoms with Gasteiger partial charge in [0.2, 0.25) is 0 Å². The van der Waals surface area contributed by atoms with Crippen molar-refractivity contribution in [2.75, 3.05) is 0 Å². The predicted molar refractivity (Wildman–Crippen MR) is 74.8 cm³/mol. The molecular weight excluding hydrogens is 258 g/mol. The highest BCUT2D eigenvalue weighted by molar-refractivity contribution is 7.15. The minimum absolute atomic E-state index is 0.695. The Morgan fingerprint density at radius 3 is 3.05 bits per heavy atom. The molecule has 19 heavy (non-hydrogen) atoms. The zero-order chi connectivity index (χ0) is 12.8. The highest BCUT2D eigenvalue weighted by atomic mass is 32.1. The Labute approximate surface area is 114 Å². The Kier molecular flexibility index (Phi) is 2.46. The SMILES string of the molecule is Cc1nccn1-c1nc2sccn2c1CNC1CC1. The first-order chi connectivity index (χ1) is 9.33. The van der Waals surface area contributed by atoms with E-state index in [4.69, 9.17) is 4.98 Å². The third-order valence-corrected chi connectivity index (χ3v) is 4.29. The molecule has 1 fully saturated rings. The van der Waals surface area contributed by atoms with Crippen molar-refractivity contribution < 1.29 is 0 Å². The summed E-state index contributed by atoms with van der Waals surface area (Å²) in [5.74, 6) is 1.97. The first-order valence-electron chi connectivity index (χ1n) is 6.51. The van der Waals surface area contributed by atoms with E-state index in [-0.39, 0.29) is 0 Å². The lowest BCUT2D eigenvalue weighted by molar-refractivity contribution is 0.666. The number of aromatic nitrogens is 4. The van der Waals surface area contributed by atoms with E-state index in [1.165, 1.54) is 18.5 Å². The summed E-state index contributed by atoms with van der Waals surface area (Å²) in [6, 6.07) is 0.695. The van der Waals surface area contributed by atoms with Crippen LogP contribution >= 0.6 is 11.3 Å². The standard InChI is InChI=1S/C13H15N5S/c1-9-14-4-5-17(9)12-11(8-15-10-2-3-10)18-6-7-19-13(18)16-12/h4-7,10,15H,2-3,8H2,1H3. The van der Waals surface area contributed by atoms with Gasteiger partial charge in [-0.15, -0.1) is 11.3 Å². The van der Waals surface area contributed by atoms with Crippen LogP contribution in [0.2, 0.25) is 0 Å². The summed E-state index contributed by atoms with van der Waals surface area (Å²) in [7, 11) is 0. The summed E-state index contributed by atoms with van der Waals surface area (Å²) in [6.45, 7) is 2.86. The van der Waals surface area contributed by atoms with Crippen molar-refractivity contribution in [2.24, 2.45) is 0 Å². The van der Waals surface area contributed by atoms with Crippen molar-refractivity contribution >= 4 is 16.3 Å². The molecule has 0 aromatic carbocycles. The molecule has 0 atom stereocenters. The molecule has 0 unspecified atom stereocenters. The Hall–Kier alpha value is -1.66. The van der Waals surface area contributed by atoms with Gasteiger partial charge in [0, 0.05) is 36.6 Å². The lowest BCUT2D eigenvalue weighted by Gasteiger charge is -2.07. The van der Waals surface area contributed by atoms with Crippen molar-refractivity contribution in [1.29, 1.82) is 0 Å². The molecule has 0 amide bonds. The van der Waals surface area contributed by atoms with Gasteiger partial charge in [0.15, 0.2) is 10.8 Å². The summed E-state index contributed by atoms with van der Waals surface area (Å²) < 4.78 is 4.23. The summed E-state index contributed by atoms with van der Waals surface area (Å²) in [5.41, 5.74) is 1.21. The molecule has 3 heterocycles. The van der Waals surface area contributed by atoms with Gasteiger partial charge in [-0.25, -0.2) is 9.97 Å². The number of hydrogen-bond donors (Lipinski definition) is 1. The van der Waals surface area contributed by atoms with Crippen LogP contribution < -0.4 is 5.32 Å². The van der Waals surface area contributed by atoms with Gasteiger partial charge in [0.1, 0.15) is 5.82 Å². The van der Waals surface area contributed by atoms with Crippen LogP contribution in [0, 0.1) is 6.92 Å². The Balaban J connectivity index is 1.81. The third-order valence-electron chi connectivity index (χ3n) is 3.53. The van der Waals surface area contributed by atoms with Crippen LogP contribution in [0.15, 0.2) is 24.0 Å². The van der Waals surface area contributed by atoms with E-state index in [1.54, 1.807) is 11.3 Å². The first kappa shape index (κ1) is 11.2. The van der Waals surface area contributed by atoms with E-state index >= 15 is 0 Å². The van der Waals surface area contributed by atoms with E-state index in [1.807, 2.05) is 19.3 Å². The molecule has 3 aromatic rings. The normalized spacial score (nSPS) is 15.4. The van der Waals surface area contributed by atoms with E-state index in [9.17, 15) is 0 Å². The van der Waals surface area contributed by atoms with Crippen LogP contribution in [0.1, 0.15) is 24.4 Å². The lowest BCUT2D eigenvalue weighted by atomic mass is 10.4. The zero-order valence-corrected chi connectivity index (χ0v) is 11.5. The molecule has 1 aliphatic rings. The van der Waals surface area contributed by atoms with E-state index in [2.05, 4.69) is 30.8 Å². The highest BCUT2D eigenvalue weighted by Gasteiger charge is 2.22. The quantitative estimate of drug-likeness (QED) is 0.792. The molecule has 0 radical (unpaired) electrons. The van der Waals surface area contributed by atoms with Crippen LogP contribution in [-0.2, 0) is 6.54 Å². The number of fused-ring (bicyclic) bond motifs is 1. The van der Waals surface area contributed by atoms with Crippen LogP contribution in [0.25, 0.3) is 10.8 Å². The maximum atomic E-state index is 4.74. The Morgan fingerprint density at radius 2 is 2.32 bits per heavy atom. The maximum Gasteiger partial charge on any atom is 0.195 e. The molecule has 0 aliphatic heterocycles. The number of nitrogens with zero attached hydrogens (tertiary/aromatic N) is 4.